The van der Waals surface area contributed by atoms with Gasteiger partial charge in [0.1, 0.15) is 0 Å². The number of fused-ring (bicyclic) bond motifs is 1. The Hall–Kier alpha value is -2.36. The Bertz CT molecular complexity index is 654. The van der Waals surface area contributed by atoms with E-state index in [1.54, 1.807) is 0 Å². The minimum Gasteiger partial charge on any atom is -0.399 e. The summed E-state index contributed by atoms with van der Waals surface area (Å²) in [5.41, 5.74) is 9.91. The first-order valence-electron chi connectivity index (χ1n) is 7.27. The first-order chi connectivity index (χ1) is 10.2. The average molecular weight is 281 g/mol. The maximum absolute atomic E-state index is 12.3. The molecule has 1 amide bonds. The van der Waals surface area contributed by atoms with Crippen molar-refractivity contribution in [1.82, 2.24) is 9.88 Å². The molecule has 108 valence electrons. The number of rotatable bonds is 3. The van der Waals surface area contributed by atoms with Crippen LogP contribution in [0, 0.1) is 0 Å². The minimum atomic E-state index is 0.201. The van der Waals surface area contributed by atoms with Crippen molar-refractivity contribution in [3.8, 4) is 0 Å². The third-order valence-electron chi connectivity index (χ3n) is 3.90. The molecular weight excluding hydrogens is 262 g/mol. The third kappa shape index (κ3) is 3.21. The number of hydrogen-bond acceptors (Lipinski definition) is 3. The Morgan fingerprint density at radius 1 is 1.29 bits per heavy atom. The lowest BCUT2D eigenvalue weighted by atomic mass is 10.0. The molecule has 21 heavy (non-hydrogen) atoms. The predicted molar refractivity (Wildman–Crippen MR) is 82.5 cm³/mol. The van der Waals surface area contributed by atoms with Gasteiger partial charge in [0.15, 0.2) is 0 Å². The molecule has 0 spiro atoms. The number of aryl methyl sites for hydroxylation is 1. The Labute approximate surface area is 124 Å². The van der Waals surface area contributed by atoms with Gasteiger partial charge in [-0.2, -0.15) is 0 Å². The van der Waals surface area contributed by atoms with Gasteiger partial charge >= 0.3 is 0 Å². The summed E-state index contributed by atoms with van der Waals surface area (Å²) in [6.45, 7) is 1.44. The maximum atomic E-state index is 12.3. The molecule has 0 aliphatic carbocycles. The number of nitrogen functional groups attached to an aromatic ring is 1. The highest BCUT2D eigenvalue weighted by atomic mass is 16.2. The summed E-state index contributed by atoms with van der Waals surface area (Å²) in [5.74, 6) is 0.201. The van der Waals surface area contributed by atoms with E-state index in [1.807, 2.05) is 41.4 Å². The van der Waals surface area contributed by atoms with Crippen molar-refractivity contribution in [1.29, 1.82) is 0 Å². The normalized spacial score (nSPS) is 13.8. The second kappa shape index (κ2) is 5.95. The molecule has 0 bridgehead atoms. The zero-order valence-electron chi connectivity index (χ0n) is 12.0. The van der Waals surface area contributed by atoms with Gasteiger partial charge in [0, 0.05) is 43.5 Å². The molecule has 0 fully saturated rings. The fraction of sp³-hybridized carbons (Fsp3) is 0.294. The van der Waals surface area contributed by atoms with Crippen molar-refractivity contribution < 1.29 is 4.79 Å². The number of hydrogen-bond donors (Lipinski definition) is 1. The molecular formula is C17H19N3O. The smallest absolute Gasteiger partial charge is 0.223 e. The molecule has 1 aromatic heterocycles. The van der Waals surface area contributed by atoms with Gasteiger partial charge < -0.3 is 10.6 Å². The van der Waals surface area contributed by atoms with Gasteiger partial charge in [-0.25, -0.2) is 0 Å². The largest absolute Gasteiger partial charge is 0.399 e. The summed E-state index contributed by atoms with van der Waals surface area (Å²) >= 11 is 0. The third-order valence-corrected chi connectivity index (χ3v) is 3.90. The Kier molecular flexibility index (Phi) is 3.86. The SMILES string of the molecule is Nc1cccc(CCC(=O)N2CCc3ncccc3C2)c1. The highest BCUT2D eigenvalue weighted by Gasteiger charge is 2.20. The molecule has 3 rings (SSSR count). The zero-order valence-corrected chi connectivity index (χ0v) is 12.0. The van der Waals surface area contributed by atoms with Crippen molar-refractivity contribution >= 4 is 11.6 Å². The van der Waals surface area contributed by atoms with Crippen molar-refractivity contribution in [2.75, 3.05) is 12.3 Å². The predicted octanol–water partition coefficient (Wildman–Crippen LogP) is 2.18. The van der Waals surface area contributed by atoms with E-state index in [0.717, 1.165) is 36.3 Å². The van der Waals surface area contributed by atoms with Gasteiger partial charge in [-0.1, -0.05) is 18.2 Å². The topological polar surface area (TPSA) is 59.2 Å². The Balaban J connectivity index is 1.59. The van der Waals surface area contributed by atoms with E-state index in [4.69, 9.17) is 5.73 Å². The van der Waals surface area contributed by atoms with Gasteiger partial charge in [-0.05, 0) is 35.7 Å². The summed E-state index contributed by atoms with van der Waals surface area (Å²) in [5, 5.41) is 0. The van der Waals surface area contributed by atoms with E-state index in [0.29, 0.717) is 13.0 Å². The molecule has 0 saturated heterocycles. The fourth-order valence-electron chi connectivity index (χ4n) is 2.74. The lowest BCUT2D eigenvalue weighted by Crippen LogP contribution is -2.36. The van der Waals surface area contributed by atoms with E-state index in [9.17, 15) is 4.79 Å². The van der Waals surface area contributed by atoms with Gasteiger partial charge in [0.2, 0.25) is 5.91 Å². The van der Waals surface area contributed by atoms with Gasteiger partial charge in [-0.15, -0.1) is 0 Å². The van der Waals surface area contributed by atoms with E-state index in [-0.39, 0.29) is 5.91 Å². The van der Waals surface area contributed by atoms with Crippen molar-refractivity contribution in [2.24, 2.45) is 0 Å². The number of anilines is 1. The van der Waals surface area contributed by atoms with Crippen molar-refractivity contribution in [3.05, 3.63) is 59.4 Å². The molecule has 0 radical (unpaired) electrons. The van der Waals surface area contributed by atoms with E-state index >= 15 is 0 Å². The molecule has 2 aromatic rings. The summed E-state index contributed by atoms with van der Waals surface area (Å²) in [6, 6.07) is 11.7. The van der Waals surface area contributed by atoms with Crippen LogP contribution in [0.25, 0.3) is 0 Å². The highest BCUT2D eigenvalue weighted by Crippen LogP contribution is 2.18. The van der Waals surface area contributed by atoms with Crippen LogP contribution in [0.2, 0.25) is 0 Å². The summed E-state index contributed by atoms with van der Waals surface area (Å²) in [4.78, 5) is 18.6. The van der Waals surface area contributed by atoms with E-state index < -0.39 is 0 Å². The number of carbonyl (C=O) groups is 1. The molecule has 1 aromatic carbocycles. The van der Waals surface area contributed by atoms with Crippen LogP contribution < -0.4 is 5.73 Å². The van der Waals surface area contributed by atoms with Gasteiger partial charge in [0.05, 0.1) is 0 Å². The molecule has 0 saturated carbocycles. The Morgan fingerprint density at radius 2 is 2.19 bits per heavy atom. The molecule has 4 nitrogen and oxygen atoms in total. The first kappa shape index (κ1) is 13.6. The second-order valence-corrected chi connectivity index (χ2v) is 5.42. The first-order valence-corrected chi connectivity index (χ1v) is 7.27. The van der Waals surface area contributed by atoms with Crippen LogP contribution in [0.5, 0.6) is 0 Å². The average Bonchev–Trinajstić information content (AvgIpc) is 2.52. The standard InChI is InChI=1S/C17H19N3O/c18-15-5-1-3-13(11-15)6-7-17(21)20-10-8-16-14(12-20)4-2-9-19-16/h1-5,9,11H,6-8,10,12,18H2. The van der Waals surface area contributed by atoms with Crippen LogP contribution in [0.3, 0.4) is 0 Å². The highest BCUT2D eigenvalue weighted by molar-refractivity contribution is 5.76. The molecule has 1 aliphatic rings. The number of amides is 1. The Morgan fingerprint density at radius 3 is 3.05 bits per heavy atom. The lowest BCUT2D eigenvalue weighted by molar-refractivity contribution is -0.132. The van der Waals surface area contributed by atoms with Gasteiger partial charge in [0.25, 0.3) is 0 Å². The number of carbonyl (C=O) groups excluding carboxylic acids is 1. The van der Waals surface area contributed by atoms with E-state index in [2.05, 4.69) is 11.1 Å². The quantitative estimate of drug-likeness (QED) is 0.877. The number of benzene rings is 1. The molecule has 1 aliphatic heterocycles. The van der Waals surface area contributed by atoms with Crippen LogP contribution in [-0.2, 0) is 24.2 Å². The number of nitrogens with two attached hydrogens (primary N) is 1. The van der Waals surface area contributed by atoms with Crippen LogP contribution in [0.4, 0.5) is 5.69 Å². The monoisotopic (exact) mass is 281 g/mol. The van der Waals surface area contributed by atoms with E-state index in [1.165, 1.54) is 5.56 Å². The number of pyridine rings is 1. The number of nitrogens with zero attached hydrogens (tertiary/aromatic N) is 2. The minimum absolute atomic E-state index is 0.201. The van der Waals surface area contributed by atoms with Crippen LogP contribution in [-0.4, -0.2) is 22.3 Å². The molecule has 2 heterocycles. The van der Waals surface area contributed by atoms with Crippen LogP contribution in [0.1, 0.15) is 23.2 Å². The molecule has 0 atom stereocenters. The fourth-order valence-corrected chi connectivity index (χ4v) is 2.74. The van der Waals surface area contributed by atoms with Crippen molar-refractivity contribution in [2.45, 2.75) is 25.8 Å². The van der Waals surface area contributed by atoms with Crippen LogP contribution >= 0.6 is 0 Å². The summed E-state index contributed by atoms with van der Waals surface area (Å²) in [6.07, 6.45) is 3.93. The maximum Gasteiger partial charge on any atom is 0.223 e. The zero-order chi connectivity index (χ0) is 14.7. The molecule has 4 heteroatoms. The van der Waals surface area contributed by atoms with Crippen molar-refractivity contribution in [3.63, 3.8) is 0 Å². The lowest BCUT2D eigenvalue weighted by Gasteiger charge is -2.28. The van der Waals surface area contributed by atoms with Crippen LogP contribution in [0.15, 0.2) is 42.6 Å². The molecule has 0 unspecified atom stereocenters. The summed E-state index contributed by atoms with van der Waals surface area (Å²) < 4.78 is 0. The molecule has 2 N–H and O–H groups in total. The summed E-state index contributed by atoms with van der Waals surface area (Å²) in [7, 11) is 0. The number of aromatic nitrogens is 1. The second-order valence-electron chi connectivity index (χ2n) is 5.42. The van der Waals surface area contributed by atoms with Gasteiger partial charge in [-0.3, -0.25) is 9.78 Å².